The minimum atomic E-state index is -0.366. The van der Waals surface area contributed by atoms with Crippen molar-refractivity contribution in [1.29, 1.82) is 0 Å². The van der Waals surface area contributed by atoms with E-state index < -0.39 is 0 Å². The highest BCUT2D eigenvalue weighted by atomic mass is 16.7. The average Bonchev–Trinajstić information content (AvgIpc) is 2.27. The maximum Gasteiger partial charge on any atom is 0.330 e. The van der Waals surface area contributed by atoms with Gasteiger partial charge >= 0.3 is 5.97 Å². The van der Waals surface area contributed by atoms with Gasteiger partial charge in [0, 0.05) is 12.7 Å². The number of carbonyl (C=O) groups is 1. The van der Waals surface area contributed by atoms with Crippen molar-refractivity contribution in [3.05, 3.63) is 12.2 Å². The molecule has 0 aromatic heterocycles. The lowest BCUT2D eigenvalue weighted by Gasteiger charge is -2.24. The third kappa shape index (κ3) is 4.95. The van der Waals surface area contributed by atoms with Crippen LogP contribution < -0.4 is 0 Å². The lowest BCUT2D eigenvalue weighted by molar-refractivity contribution is -0.175. The van der Waals surface area contributed by atoms with Crippen molar-refractivity contribution >= 4 is 5.97 Å². The second-order valence-corrected chi connectivity index (χ2v) is 3.52. The van der Waals surface area contributed by atoms with Crippen LogP contribution in [-0.2, 0) is 19.0 Å². The van der Waals surface area contributed by atoms with Crippen molar-refractivity contribution in [1.82, 2.24) is 0 Å². The Labute approximate surface area is 90.2 Å². The van der Waals surface area contributed by atoms with Crippen LogP contribution in [0.15, 0.2) is 12.2 Å². The molecule has 1 aliphatic heterocycles. The lowest BCUT2D eigenvalue weighted by Crippen LogP contribution is -2.25. The molecule has 0 aromatic rings. The van der Waals surface area contributed by atoms with Gasteiger partial charge in [0.1, 0.15) is 0 Å². The van der Waals surface area contributed by atoms with Crippen molar-refractivity contribution in [2.45, 2.75) is 38.6 Å². The molecular formula is C11H18O4. The van der Waals surface area contributed by atoms with Crippen LogP contribution in [0.5, 0.6) is 0 Å². The molecule has 0 saturated carbocycles. The summed E-state index contributed by atoms with van der Waals surface area (Å²) in [5.74, 6) is -0.366. The van der Waals surface area contributed by atoms with Crippen molar-refractivity contribution in [3.8, 4) is 0 Å². The molecule has 1 aliphatic rings. The third-order valence-electron chi connectivity index (χ3n) is 2.21. The van der Waals surface area contributed by atoms with Crippen molar-refractivity contribution in [3.63, 3.8) is 0 Å². The van der Waals surface area contributed by atoms with E-state index in [2.05, 4.69) is 4.74 Å². The zero-order valence-electron chi connectivity index (χ0n) is 9.27. The molecule has 1 fully saturated rings. The second kappa shape index (κ2) is 6.58. The standard InChI is InChI=1S/C11H18O4/c1-9(6-7-10(12)13-2)15-11-5-3-4-8-14-11/h6-7,9,11H,3-5,8H2,1-2H3/b7-6-. The van der Waals surface area contributed by atoms with E-state index in [1.807, 2.05) is 6.92 Å². The molecule has 2 unspecified atom stereocenters. The summed E-state index contributed by atoms with van der Waals surface area (Å²) in [4.78, 5) is 10.8. The predicted octanol–water partition coefficient (Wildman–Crippen LogP) is 1.65. The van der Waals surface area contributed by atoms with Gasteiger partial charge in [0.2, 0.25) is 0 Å². The summed E-state index contributed by atoms with van der Waals surface area (Å²) < 4.78 is 15.5. The van der Waals surface area contributed by atoms with Crippen LogP contribution in [0.2, 0.25) is 0 Å². The second-order valence-electron chi connectivity index (χ2n) is 3.52. The fraction of sp³-hybridized carbons (Fsp3) is 0.727. The summed E-state index contributed by atoms with van der Waals surface area (Å²) in [5, 5.41) is 0. The Morgan fingerprint density at radius 3 is 2.93 bits per heavy atom. The summed E-state index contributed by atoms with van der Waals surface area (Å²) in [6.45, 7) is 2.63. The zero-order valence-corrected chi connectivity index (χ0v) is 9.27. The minimum absolute atomic E-state index is 0.129. The summed E-state index contributed by atoms with van der Waals surface area (Å²) in [7, 11) is 1.35. The zero-order chi connectivity index (χ0) is 11.1. The summed E-state index contributed by atoms with van der Waals surface area (Å²) in [6.07, 6.45) is 5.95. The molecule has 0 aromatic carbocycles. The van der Waals surface area contributed by atoms with Crippen LogP contribution in [-0.4, -0.2) is 32.1 Å². The molecule has 1 saturated heterocycles. The Balaban J connectivity index is 2.24. The highest BCUT2D eigenvalue weighted by Crippen LogP contribution is 2.15. The van der Waals surface area contributed by atoms with E-state index >= 15 is 0 Å². The number of methoxy groups -OCH3 is 1. The van der Waals surface area contributed by atoms with Gasteiger partial charge in [0.25, 0.3) is 0 Å². The third-order valence-corrected chi connectivity index (χ3v) is 2.21. The Bertz CT molecular complexity index is 219. The Kier molecular flexibility index (Phi) is 5.36. The molecule has 0 radical (unpaired) electrons. The summed E-state index contributed by atoms with van der Waals surface area (Å²) in [6, 6.07) is 0. The Morgan fingerprint density at radius 2 is 2.33 bits per heavy atom. The van der Waals surface area contributed by atoms with E-state index in [9.17, 15) is 4.79 Å². The molecular weight excluding hydrogens is 196 g/mol. The maximum atomic E-state index is 10.8. The molecule has 0 spiro atoms. The van der Waals surface area contributed by atoms with Crippen molar-refractivity contribution < 1.29 is 19.0 Å². The number of hydrogen-bond donors (Lipinski definition) is 0. The van der Waals surface area contributed by atoms with E-state index in [4.69, 9.17) is 9.47 Å². The first-order valence-electron chi connectivity index (χ1n) is 5.25. The maximum absolute atomic E-state index is 10.8. The van der Waals surface area contributed by atoms with Gasteiger partial charge in [0.05, 0.1) is 13.2 Å². The first-order valence-corrected chi connectivity index (χ1v) is 5.25. The first-order chi connectivity index (χ1) is 7.22. The van der Waals surface area contributed by atoms with Crippen molar-refractivity contribution in [2.24, 2.45) is 0 Å². The van der Waals surface area contributed by atoms with Gasteiger partial charge in [-0.25, -0.2) is 4.79 Å². The summed E-state index contributed by atoms with van der Waals surface area (Å²) >= 11 is 0. The van der Waals surface area contributed by atoms with Crippen LogP contribution in [0.25, 0.3) is 0 Å². The van der Waals surface area contributed by atoms with Crippen molar-refractivity contribution in [2.75, 3.05) is 13.7 Å². The first kappa shape index (κ1) is 12.2. The van der Waals surface area contributed by atoms with E-state index in [0.717, 1.165) is 25.9 Å². The number of rotatable bonds is 4. The fourth-order valence-electron chi connectivity index (χ4n) is 1.39. The van der Waals surface area contributed by atoms with Crippen LogP contribution in [0, 0.1) is 0 Å². The van der Waals surface area contributed by atoms with E-state index in [1.165, 1.54) is 13.2 Å². The summed E-state index contributed by atoms with van der Waals surface area (Å²) in [5.41, 5.74) is 0. The average molecular weight is 214 g/mol. The van der Waals surface area contributed by atoms with Crippen LogP contribution in [0.1, 0.15) is 26.2 Å². The minimum Gasteiger partial charge on any atom is -0.466 e. The van der Waals surface area contributed by atoms with Gasteiger partial charge in [-0.2, -0.15) is 0 Å². The van der Waals surface area contributed by atoms with E-state index in [-0.39, 0.29) is 18.4 Å². The molecule has 1 heterocycles. The van der Waals surface area contributed by atoms with Crippen LogP contribution in [0.3, 0.4) is 0 Å². The SMILES string of the molecule is COC(=O)/C=C\C(C)OC1CCCCO1. The Morgan fingerprint density at radius 1 is 1.53 bits per heavy atom. The largest absolute Gasteiger partial charge is 0.466 e. The molecule has 4 heteroatoms. The topological polar surface area (TPSA) is 44.8 Å². The van der Waals surface area contributed by atoms with Gasteiger partial charge in [-0.15, -0.1) is 0 Å². The quantitative estimate of drug-likeness (QED) is 0.527. The molecule has 0 N–H and O–H groups in total. The normalized spacial score (nSPS) is 24.0. The number of ether oxygens (including phenoxy) is 3. The molecule has 1 rings (SSSR count). The highest BCUT2D eigenvalue weighted by molar-refractivity contribution is 5.81. The molecule has 15 heavy (non-hydrogen) atoms. The van der Waals surface area contributed by atoms with E-state index in [1.54, 1.807) is 6.08 Å². The number of esters is 1. The molecule has 0 amide bonds. The fourth-order valence-corrected chi connectivity index (χ4v) is 1.39. The molecule has 86 valence electrons. The van der Waals surface area contributed by atoms with Gasteiger partial charge in [-0.3, -0.25) is 0 Å². The molecule has 2 atom stereocenters. The number of carbonyl (C=O) groups excluding carboxylic acids is 1. The molecule has 0 aliphatic carbocycles. The number of hydrogen-bond acceptors (Lipinski definition) is 4. The van der Waals surface area contributed by atoms with Gasteiger partial charge in [0.15, 0.2) is 6.29 Å². The monoisotopic (exact) mass is 214 g/mol. The highest BCUT2D eigenvalue weighted by Gasteiger charge is 2.15. The smallest absolute Gasteiger partial charge is 0.330 e. The van der Waals surface area contributed by atoms with E-state index in [0.29, 0.717) is 0 Å². The van der Waals surface area contributed by atoms with Gasteiger partial charge < -0.3 is 14.2 Å². The Hall–Kier alpha value is -0.870. The van der Waals surface area contributed by atoms with Gasteiger partial charge in [-0.05, 0) is 32.3 Å². The molecule has 0 bridgehead atoms. The van der Waals surface area contributed by atoms with Crippen LogP contribution in [0.4, 0.5) is 0 Å². The lowest BCUT2D eigenvalue weighted by atomic mass is 10.2. The predicted molar refractivity (Wildman–Crippen MR) is 55.3 cm³/mol. The van der Waals surface area contributed by atoms with Crippen LogP contribution >= 0.6 is 0 Å². The van der Waals surface area contributed by atoms with Gasteiger partial charge in [-0.1, -0.05) is 0 Å². The molecule has 4 nitrogen and oxygen atoms in total.